The standard InChI is InChI=1S/C11H20N2O/c1-11(2,8-12)9-13-6-10-4-3-5-14-7-10/h10,13H,3-7,9H2,1-2H3. The zero-order valence-electron chi connectivity index (χ0n) is 9.18. The summed E-state index contributed by atoms with van der Waals surface area (Å²) < 4.78 is 5.39. The SMILES string of the molecule is CC(C)(C#N)CNCC1CCCOC1. The Kier molecular flexibility index (Phi) is 4.37. The molecule has 0 saturated carbocycles. The number of hydrogen-bond donors (Lipinski definition) is 1. The molecule has 80 valence electrons. The minimum absolute atomic E-state index is 0.254. The first-order chi connectivity index (χ1) is 6.64. The third kappa shape index (κ3) is 4.08. The first-order valence-electron chi connectivity index (χ1n) is 5.34. The molecule has 1 saturated heterocycles. The van der Waals surface area contributed by atoms with E-state index in [2.05, 4.69) is 11.4 Å². The van der Waals surface area contributed by atoms with E-state index in [0.29, 0.717) is 5.92 Å². The van der Waals surface area contributed by atoms with Crippen LogP contribution in [-0.2, 0) is 4.74 Å². The molecule has 0 aliphatic carbocycles. The average molecular weight is 196 g/mol. The maximum Gasteiger partial charge on any atom is 0.0697 e. The second kappa shape index (κ2) is 5.33. The van der Waals surface area contributed by atoms with Gasteiger partial charge in [0.05, 0.1) is 18.1 Å². The highest BCUT2D eigenvalue weighted by Crippen LogP contribution is 2.14. The van der Waals surface area contributed by atoms with Gasteiger partial charge in [-0.1, -0.05) is 0 Å². The van der Waals surface area contributed by atoms with Crippen LogP contribution in [0.5, 0.6) is 0 Å². The minimum Gasteiger partial charge on any atom is -0.381 e. The third-order valence-electron chi connectivity index (χ3n) is 2.56. The molecular formula is C11H20N2O. The summed E-state index contributed by atoms with van der Waals surface area (Å²) in [6.07, 6.45) is 2.42. The van der Waals surface area contributed by atoms with E-state index >= 15 is 0 Å². The largest absolute Gasteiger partial charge is 0.381 e. The molecule has 1 N–H and O–H groups in total. The molecule has 14 heavy (non-hydrogen) atoms. The fourth-order valence-electron chi connectivity index (χ4n) is 1.60. The summed E-state index contributed by atoms with van der Waals surface area (Å²) >= 11 is 0. The summed E-state index contributed by atoms with van der Waals surface area (Å²) in [4.78, 5) is 0. The van der Waals surface area contributed by atoms with E-state index in [9.17, 15) is 0 Å². The monoisotopic (exact) mass is 196 g/mol. The molecule has 0 spiro atoms. The lowest BCUT2D eigenvalue weighted by molar-refractivity contribution is 0.0543. The highest BCUT2D eigenvalue weighted by Gasteiger charge is 2.18. The van der Waals surface area contributed by atoms with Crippen molar-refractivity contribution in [2.45, 2.75) is 26.7 Å². The Balaban J connectivity index is 2.12. The van der Waals surface area contributed by atoms with Gasteiger partial charge in [0.1, 0.15) is 0 Å². The van der Waals surface area contributed by atoms with Gasteiger partial charge >= 0.3 is 0 Å². The number of nitriles is 1. The van der Waals surface area contributed by atoms with Crippen molar-refractivity contribution in [1.29, 1.82) is 5.26 Å². The van der Waals surface area contributed by atoms with Crippen LogP contribution in [0.25, 0.3) is 0 Å². The van der Waals surface area contributed by atoms with E-state index in [0.717, 1.165) is 26.3 Å². The van der Waals surface area contributed by atoms with Crippen LogP contribution in [0.3, 0.4) is 0 Å². The van der Waals surface area contributed by atoms with Gasteiger partial charge in [0.15, 0.2) is 0 Å². The summed E-state index contributed by atoms with van der Waals surface area (Å²) in [5.74, 6) is 0.637. The molecule has 0 radical (unpaired) electrons. The zero-order chi connectivity index (χ0) is 10.4. The van der Waals surface area contributed by atoms with Crippen molar-refractivity contribution in [2.24, 2.45) is 11.3 Å². The van der Waals surface area contributed by atoms with Crippen LogP contribution in [0.15, 0.2) is 0 Å². The summed E-state index contributed by atoms with van der Waals surface area (Å²) in [6, 6.07) is 2.29. The van der Waals surface area contributed by atoms with Crippen LogP contribution in [-0.4, -0.2) is 26.3 Å². The first-order valence-corrected chi connectivity index (χ1v) is 5.34. The summed E-state index contributed by atoms with van der Waals surface area (Å²) in [5, 5.41) is 12.2. The Morgan fingerprint density at radius 1 is 1.57 bits per heavy atom. The smallest absolute Gasteiger partial charge is 0.0697 e. The second-order valence-electron chi connectivity index (χ2n) is 4.71. The molecule has 1 aliphatic rings. The van der Waals surface area contributed by atoms with Crippen LogP contribution in [0, 0.1) is 22.7 Å². The van der Waals surface area contributed by atoms with Crippen molar-refractivity contribution in [1.82, 2.24) is 5.32 Å². The van der Waals surface area contributed by atoms with Crippen LogP contribution < -0.4 is 5.32 Å². The Morgan fingerprint density at radius 3 is 2.93 bits per heavy atom. The molecule has 0 aromatic heterocycles. The summed E-state index contributed by atoms with van der Waals surface area (Å²) in [5.41, 5.74) is -0.254. The lowest BCUT2D eigenvalue weighted by Gasteiger charge is -2.24. The van der Waals surface area contributed by atoms with Crippen LogP contribution in [0.1, 0.15) is 26.7 Å². The molecular weight excluding hydrogens is 176 g/mol. The van der Waals surface area contributed by atoms with Gasteiger partial charge < -0.3 is 10.1 Å². The molecule has 1 aliphatic heterocycles. The number of hydrogen-bond acceptors (Lipinski definition) is 3. The van der Waals surface area contributed by atoms with Gasteiger partial charge in [-0.2, -0.15) is 5.26 Å². The molecule has 0 aromatic carbocycles. The number of nitrogens with zero attached hydrogens (tertiary/aromatic N) is 1. The van der Waals surface area contributed by atoms with Gasteiger partial charge in [-0.3, -0.25) is 0 Å². The van der Waals surface area contributed by atoms with Crippen molar-refractivity contribution < 1.29 is 4.74 Å². The lowest BCUT2D eigenvalue weighted by Crippen LogP contribution is -2.34. The lowest BCUT2D eigenvalue weighted by atomic mass is 9.95. The quantitative estimate of drug-likeness (QED) is 0.742. The van der Waals surface area contributed by atoms with Crippen molar-refractivity contribution in [3.8, 4) is 6.07 Å². The third-order valence-corrected chi connectivity index (χ3v) is 2.56. The predicted octanol–water partition coefficient (Wildman–Crippen LogP) is 1.55. The second-order valence-corrected chi connectivity index (χ2v) is 4.71. The molecule has 1 heterocycles. The van der Waals surface area contributed by atoms with E-state index in [-0.39, 0.29) is 5.41 Å². The molecule has 1 atom stereocenters. The first kappa shape index (κ1) is 11.5. The van der Waals surface area contributed by atoms with Gasteiger partial charge in [0.25, 0.3) is 0 Å². The molecule has 0 bridgehead atoms. The number of ether oxygens (including phenoxy) is 1. The number of rotatable bonds is 4. The van der Waals surface area contributed by atoms with Gasteiger partial charge in [-0.15, -0.1) is 0 Å². The Morgan fingerprint density at radius 2 is 2.36 bits per heavy atom. The van der Waals surface area contributed by atoms with E-state index in [1.165, 1.54) is 12.8 Å². The fourth-order valence-corrected chi connectivity index (χ4v) is 1.60. The predicted molar refractivity (Wildman–Crippen MR) is 55.8 cm³/mol. The molecule has 3 nitrogen and oxygen atoms in total. The van der Waals surface area contributed by atoms with Gasteiger partial charge in [-0.05, 0) is 32.6 Å². The molecule has 0 amide bonds. The highest BCUT2D eigenvalue weighted by atomic mass is 16.5. The van der Waals surface area contributed by atoms with E-state index in [4.69, 9.17) is 10.00 Å². The normalized spacial score (nSPS) is 23.1. The molecule has 1 fully saturated rings. The van der Waals surface area contributed by atoms with E-state index in [1.54, 1.807) is 0 Å². The van der Waals surface area contributed by atoms with Gasteiger partial charge in [0.2, 0.25) is 0 Å². The van der Waals surface area contributed by atoms with Crippen molar-refractivity contribution >= 4 is 0 Å². The topological polar surface area (TPSA) is 45.0 Å². The average Bonchev–Trinajstić information content (AvgIpc) is 2.19. The van der Waals surface area contributed by atoms with Crippen LogP contribution >= 0.6 is 0 Å². The van der Waals surface area contributed by atoms with E-state index < -0.39 is 0 Å². The Bertz CT molecular complexity index is 202. The van der Waals surface area contributed by atoms with Crippen molar-refractivity contribution in [2.75, 3.05) is 26.3 Å². The Labute approximate surface area is 86.4 Å². The summed E-state index contributed by atoms with van der Waals surface area (Å²) in [6.45, 7) is 7.44. The number of nitrogens with one attached hydrogen (secondary N) is 1. The van der Waals surface area contributed by atoms with Gasteiger partial charge in [0, 0.05) is 19.7 Å². The maximum atomic E-state index is 8.82. The minimum atomic E-state index is -0.254. The van der Waals surface area contributed by atoms with Gasteiger partial charge in [-0.25, -0.2) is 0 Å². The Hall–Kier alpha value is -0.590. The maximum absolute atomic E-state index is 8.82. The van der Waals surface area contributed by atoms with Crippen molar-refractivity contribution in [3.05, 3.63) is 0 Å². The van der Waals surface area contributed by atoms with Crippen molar-refractivity contribution in [3.63, 3.8) is 0 Å². The molecule has 1 unspecified atom stereocenters. The fraction of sp³-hybridized carbons (Fsp3) is 0.909. The zero-order valence-corrected chi connectivity index (χ0v) is 9.18. The highest BCUT2D eigenvalue weighted by molar-refractivity contribution is 4.93. The molecule has 1 rings (SSSR count). The summed E-state index contributed by atoms with van der Waals surface area (Å²) in [7, 11) is 0. The van der Waals surface area contributed by atoms with Crippen LogP contribution in [0.2, 0.25) is 0 Å². The van der Waals surface area contributed by atoms with E-state index in [1.807, 2.05) is 13.8 Å². The molecule has 3 heteroatoms. The molecule has 0 aromatic rings. The van der Waals surface area contributed by atoms with Crippen LogP contribution in [0.4, 0.5) is 0 Å².